The van der Waals surface area contributed by atoms with Crippen molar-refractivity contribution in [3.8, 4) is 0 Å². The molecule has 1 unspecified atom stereocenters. The molecule has 1 aromatic heterocycles. The molecule has 2 N–H and O–H groups in total. The zero-order chi connectivity index (χ0) is 14.0. The van der Waals surface area contributed by atoms with Gasteiger partial charge in [0.25, 0.3) is 0 Å². The summed E-state index contributed by atoms with van der Waals surface area (Å²) in [4.78, 5) is 22.8. The molecule has 0 spiro atoms. The van der Waals surface area contributed by atoms with E-state index in [-0.39, 0.29) is 24.1 Å². The lowest BCUT2D eigenvalue weighted by Crippen LogP contribution is -2.28. The quantitative estimate of drug-likeness (QED) is 0.849. The second-order valence-electron chi connectivity index (χ2n) is 4.79. The molecule has 0 saturated heterocycles. The Labute approximate surface area is 106 Å². The zero-order valence-electron chi connectivity index (χ0n) is 11.1. The number of aromatic nitrogens is 1. The van der Waals surface area contributed by atoms with Crippen molar-refractivity contribution >= 4 is 5.97 Å². The van der Waals surface area contributed by atoms with E-state index in [0.29, 0.717) is 11.3 Å². The van der Waals surface area contributed by atoms with E-state index < -0.39 is 11.4 Å². The van der Waals surface area contributed by atoms with Gasteiger partial charge in [0.05, 0.1) is 12.6 Å². The van der Waals surface area contributed by atoms with Crippen molar-refractivity contribution in [1.82, 2.24) is 4.57 Å². The van der Waals surface area contributed by atoms with E-state index in [9.17, 15) is 14.7 Å². The molecule has 0 aromatic carbocycles. The van der Waals surface area contributed by atoms with Gasteiger partial charge in [0.1, 0.15) is 5.56 Å². The average molecular weight is 253 g/mol. The number of rotatable bonds is 4. The zero-order valence-corrected chi connectivity index (χ0v) is 11.1. The minimum absolute atomic E-state index is 0.0973. The first-order valence-corrected chi connectivity index (χ1v) is 5.87. The number of nitrogens with zero attached hydrogens (tertiary/aromatic N) is 1. The van der Waals surface area contributed by atoms with Gasteiger partial charge in [-0.3, -0.25) is 4.79 Å². The van der Waals surface area contributed by atoms with E-state index in [0.717, 1.165) is 0 Å². The first-order chi connectivity index (χ1) is 8.31. The number of aromatic carboxylic acids is 1. The van der Waals surface area contributed by atoms with Gasteiger partial charge in [0.15, 0.2) is 5.43 Å². The Kier molecular flexibility index (Phi) is 4.29. The Bertz CT molecular complexity index is 516. The molecule has 1 rings (SSSR count). The van der Waals surface area contributed by atoms with Gasteiger partial charge in [-0.05, 0) is 19.8 Å². The molecule has 5 heteroatoms. The molecule has 0 amide bonds. The number of aliphatic hydroxyl groups is 1. The summed E-state index contributed by atoms with van der Waals surface area (Å²) in [6, 6.07) is -0.234. The predicted molar refractivity (Wildman–Crippen MR) is 68.1 cm³/mol. The van der Waals surface area contributed by atoms with Crippen LogP contribution in [-0.2, 0) is 0 Å². The summed E-state index contributed by atoms with van der Waals surface area (Å²) in [5.41, 5.74) is 0.389. The molecule has 0 fully saturated rings. The van der Waals surface area contributed by atoms with Gasteiger partial charge in [-0.15, -0.1) is 0 Å². The molecule has 1 heterocycles. The highest BCUT2D eigenvalue weighted by Crippen LogP contribution is 2.20. The Balaban J connectivity index is 3.55. The van der Waals surface area contributed by atoms with Crippen LogP contribution in [0.15, 0.2) is 11.0 Å². The van der Waals surface area contributed by atoms with Crippen LogP contribution in [0.5, 0.6) is 0 Å². The molecular formula is C13H19NO4. The highest BCUT2D eigenvalue weighted by Gasteiger charge is 2.20. The number of carbonyl (C=O) groups is 1. The van der Waals surface area contributed by atoms with Crippen molar-refractivity contribution in [3.63, 3.8) is 0 Å². The smallest absolute Gasteiger partial charge is 0.341 e. The van der Waals surface area contributed by atoms with Gasteiger partial charge in [-0.25, -0.2) is 4.79 Å². The van der Waals surface area contributed by atoms with Crippen molar-refractivity contribution in [1.29, 1.82) is 0 Å². The van der Waals surface area contributed by atoms with Crippen molar-refractivity contribution in [3.05, 3.63) is 33.2 Å². The Hall–Kier alpha value is -1.62. The maximum absolute atomic E-state index is 11.8. The topological polar surface area (TPSA) is 79.5 Å². The van der Waals surface area contributed by atoms with Gasteiger partial charge < -0.3 is 14.8 Å². The molecule has 5 nitrogen and oxygen atoms in total. The van der Waals surface area contributed by atoms with Crippen LogP contribution in [-0.4, -0.2) is 27.4 Å². The molecule has 1 atom stereocenters. The summed E-state index contributed by atoms with van der Waals surface area (Å²) < 4.78 is 1.69. The first-order valence-electron chi connectivity index (χ1n) is 5.87. The van der Waals surface area contributed by atoms with Gasteiger partial charge in [-0.1, -0.05) is 13.8 Å². The molecule has 0 aliphatic rings. The Morgan fingerprint density at radius 3 is 2.33 bits per heavy atom. The van der Waals surface area contributed by atoms with E-state index in [1.54, 1.807) is 18.4 Å². The van der Waals surface area contributed by atoms with Gasteiger partial charge in [-0.2, -0.15) is 0 Å². The van der Waals surface area contributed by atoms with Crippen molar-refractivity contribution in [2.75, 3.05) is 6.61 Å². The van der Waals surface area contributed by atoms with Crippen LogP contribution >= 0.6 is 0 Å². The van der Waals surface area contributed by atoms with Crippen LogP contribution in [0.4, 0.5) is 0 Å². The van der Waals surface area contributed by atoms with Crippen molar-refractivity contribution in [2.24, 2.45) is 5.92 Å². The summed E-state index contributed by atoms with van der Waals surface area (Å²) in [6.45, 7) is 7.14. The summed E-state index contributed by atoms with van der Waals surface area (Å²) >= 11 is 0. The third-order valence-corrected chi connectivity index (χ3v) is 3.33. The fourth-order valence-corrected chi connectivity index (χ4v) is 1.97. The third-order valence-electron chi connectivity index (χ3n) is 3.33. The fraction of sp³-hybridized carbons (Fsp3) is 0.538. The minimum atomic E-state index is -1.24. The van der Waals surface area contributed by atoms with Crippen LogP contribution in [0.25, 0.3) is 0 Å². The summed E-state index contributed by atoms with van der Waals surface area (Å²) in [5.74, 6) is -1.10. The maximum atomic E-state index is 11.8. The van der Waals surface area contributed by atoms with Crippen LogP contribution in [0, 0.1) is 19.8 Å². The lowest BCUT2D eigenvalue weighted by Gasteiger charge is -2.25. The van der Waals surface area contributed by atoms with Gasteiger partial charge >= 0.3 is 5.97 Å². The molecule has 100 valence electrons. The molecule has 0 aliphatic carbocycles. The Morgan fingerprint density at radius 2 is 1.94 bits per heavy atom. The van der Waals surface area contributed by atoms with E-state index >= 15 is 0 Å². The van der Waals surface area contributed by atoms with Crippen LogP contribution < -0.4 is 5.43 Å². The van der Waals surface area contributed by atoms with E-state index in [1.165, 1.54) is 6.20 Å². The lowest BCUT2D eigenvalue weighted by atomic mass is 10.0. The highest BCUT2D eigenvalue weighted by molar-refractivity contribution is 5.87. The molecule has 0 radical (unpaired) electrons. The molecule has 18 heavy (non-hydrogen) atoms. The summed E-state index contributed by atoms with van der Waals surface area (Å²) in [6.07, 6.45) is 1.33. The normalized spacial score (nSPS) is 12.8. The second kappa shape index (κ2) is 5.35. The van der Waals surface area contributed by atoms with E-state index in [4.69, 9.17) is 5.11 Å². The lowest BCUT2D eigenvalue weighted by molar-refractivity contribution is 0.0693. The predicted octanol–water partition coefficient (Wildman–Crippen LogP) is 1.35. The first kappa shape index (κ1) is 14.4. The second-order valence-corrected chi connectivity index (χ2v) is 4.79. The van der Waals surface area contributed by atoms with Gasteiger partial charge in [0.2, 0.25) is 0 Å². The third kappa shape index (κ3) is 2.46. The van der Waals surface area contributed by atoms with Crippen LogP contribution in [0.2, 0.25) is 0 Å². The van der Waals surface area contributed by atoms with Crippen molar-refractivity contribution in [2.45, 2.75) is 33.7 Å². The number of pyridine rings is 1. The maximum Gasteiger partial charge on any atom is 0.341 e. The van der Waals surface area contributed by atoms with Crippen molar-refractivity contribution < 1.29 is 15.0 Å². The van der Waals surface area contributed by atoms with E-state index in [1.807, 2.05) is 13.8 Å². The van der Waals surface area contributed by atoms with E-state index in [2.05, 4.69) is 0 Å². The van der Waals surface area contributed by atoms with Crippen LogP contribution in [0.1, 0.15) is 41.5 Å². The molecular weight excluding hydrogens is 234 g/mol. The fourth-order valence-electron chi connectivity index (χ4n) is 1.97. The monoisotopic (exact) mass is 253 g/mol. The largest absolute Gasteiger partial charge is 0.477 e. The Morgan fingerprint density at radius 1 is 1.39 bits per heavy atom. The minimum Gasteiger partial charge on any atom is -0.477 e. The standard InChI is InChI=1S/C13H19NO4/c1-7(2)11(6-15)14-5-10(13(17)18)12(16)8(3)9(14)4/h5,7,11,15H,6H2,1-4H3,(H,17,18). The number of aliphatic hydroxyl groups excluding tert-OH is 1. The molecule has 1 aromatic rings. The average Bonchev–Trinajstić information content (AvgIpc) is 2.29. The summed E-state index contributed by atoms with van der Waals surface area (Å²) in [5, 5.41) is 18.4. The number of carboxylic acid groups (broad SMARTS) is 1. The van der Waals surface area contributed by atoms with Gasteiger partial charge in [0, 0.05) is 17.5 Å². The molecule has 0 saturated carbocycles. The number of hydrogen-bond donors (Lipinski definition) is 2. The highest BCUT2D eigenvalue weighted by atomic mass is 16.4. The van der Waals surface area contributed by atoms with Crippen LogP contribution in [0.3, 0.4) is 0 Å². The number of carboxylic acids is 1. The molecule has 0 bridgehead atoms. The number of hydrogen-bond acceptors (Lipinski definition) is 3. The SMILES string of the molecule is Cc1c(C)n(C(CO)C(C)C)cc(C(=O)O)c1=O. The molecule has 0 aliphatic heterocycles. The summed E-state index contributed by atoms with van der Waals surface area (Å²) in [7, 11) is 0.